The van der Waals surface area contributed by atoms with E-state index in [4.69, 9.17) is 14.2 Å². The molecule has 0 saturated carbocycles. The summed E-state index contributed by atoms with van der Waals surface area (Å²) >= 11 is 0. The molecule has 0 spiro atoms. The van der Waals surface area contributed by atoms with E-state index in [1.165, 1.54) is 14.2 Å². The number of hydrogen-bond donors (Lipinski definition) is 1. The highest BCUT2D eigenvalue weighted by Gasteiger charge is 2.09. The minimum atomic E-state index is 0.171. The van der Waals surface area contributed by atoms with E-state index in [-0.39, 0.29) is 12.0 Å². The molecule has 100 valence electrons. The summed E-state index contributed by atoms with van der Waals surface area (Å²) in [5.74, 6) is 0.994. The largest absolute Gasteiger partial charge is 0.495 e. The highest BCUT2D eigenvalue weighted by molar-refractivity contribution is 5.62. The van der Waals surface area contributed by atoms with Gasteiger partial charge in [-0.15, -0.1) is 4.98 Å². The van der Waals surface area contributed by atoms with E-state index < -0.39 is 0 Å². The lowest BCUT2D eigenvalue weighted by atomic mass is 10.3. The van der Waals surface area contributed by atoms with E-state index in [0.717, 1.165) is 5.69 Å². The first kappa shape index (κ1) is 12.9. The zero-order valence-electron chi connectivity index (χ0n) is 10.9. The molecule has 7 heteroatoms. The summed E-state index contributed by atoms with van der Waals surface area (Å²) in [5.41, 5.74) is 0.736. The molecule has 1 N–H and O–H groups in total. The summed E-state index contributed by atoms with van der Waals surface area (Å²) < 4.78 is 15.2. The Hall–Kier alpha value is -2.57. The Morgan fingerprint density at radius 3 is 2.05 bits per heavy atom. The molecule has 0 saturated heterocycles. The van der Waals surface area contributed by atoms with E-state index >= 15 is 0 Å². The molecule has 0 bridgehead atoms. The second-order valence-electron chi connectivity index (χ2n) is 3.46. The molecule has 19 heavy (non-hydrogen) atoms. The molecule has 2 rings (SSSR count). The topological polar surface area (TPSA) is 78.4 Å². The Kier molecular flexibility index (Phi) is 3.97. The van der Waals surface area contributed by atoms with Gasteiger partial charge in [-0.2, -0.15) is 9.97 Å². The van der Waals surface area contributed by atoms with Crippen molar-refractivity contribution in [2.45, 2.75) is 0 Å². The van der Waals surface area contributed by atoms with Crippen molar-refractivity contribution in [1.82, 2.24) is 15.0 Å². The maximum absolute atomic E-state index is 5.23. The molecule has 0 aliphatic rings. The fourth-order valence-electron chi connectivity index (χ4n) is 1.44. The Morgan fingerprint density at radius 2 is 1.47 bits per heavy atom. The van der Waals surface area contributed by atoms with Crippen LogP contribution in [0.1, 0.15) is 0 Å². The van der Waals surface area contributed by atoms with E-state index in [9.17, 15) is 0 Å². The molecule has 1 aromatic carbocycles. The van der Waals surface area contributed by atoms with Gasteiger partial charge in [-0.05, 0) is 12.1 Å². The Bertz CT molecular complexity index is 540. The monoisotopic (exact) mass is 262 g/mol. The second-order valence-corrected chi connectivity index (χ2v) is 3.46. The van der Waals surface area contributed by atoms with E-state index in [1.807, 2.05) is 24.3 Å². The smallest absolute Gasteiger partial charge is 0.324 e. The van der Waals surface area contributed by atoms with Crippen molar-refractivity contribution in [2.24, 2.45) is 0 Å². The molecule has 0 amide bonds. The van der Waals surface area contributed by atoms with Crippen molar-refractivity contribution in [3.8, 4) is 17.8 Å². The van der Waals surface area contributed by atoms with Crippen LogP contribution >= 0.6 is 0 Å². The standard InChI is InChI=1S/C12H14N4O3/c1-17-9-7-5-4-6-8(9)13-10-14-11(18-2)16-12(15-10)19-3/h4-7H,1-3H3,(H,13,14,15,16). The fourth-order valence-corrected chi connectivity index (χ4v) is 1.44. The van der Waals surface area contributed by atoms with Gasteiger partial charge in [0.1, 0.15) is 5.75 Å². The first-order chi connectivity index (χ1) is 9.26. The van der Waals surface area contributed by atoms with Crippen molar-refractivity contribution < 1.29 is 14.2 Å². The molecule has 1 aromatic heterocycles. The number of ether oxygens (including phenoxy) is 3. The summed E-state index contributed by atoms with van der Waals surface area (Å²) in [5, 5.41) is 3.03. The van der Waals surface area contributed by atoms with Gasteiger partial charge in [0, 0.05) is 0 Å². The second kappa shape index (κ2) is 5.85. The normalized spacial score (nSPS) is 9.84. The number of nitrogens with one attached hydrogen (secondary N) is 1. The lowest BCUT2D eigenvalue weighted by Crippen LogP contribution is -2.04. The summed E-state index contributed by atoms with van der Waals surface area (Å²) in [6.45, 7) is 0. The van der Waals surface area contributed by atoms with Crippen LogP contribution in [-0.4, -0.2) is 36.3 Å². The van der Waals surface area contributed by atoms with Crippen LogP contribution in [0.5, 0.6) is 17.8 Å². The van der Waals surface area contributed by atoms with Crippen LogP contribution < -0.4 is 19.5 Å². The number of rotatable bonds is 5. The third-order valence-corrected chi connectivity index (χ3v) is 2.31. The zero-order chi connectivity index (χ0) is 13.7. The van der Waals surface area contributed by atoms with Crippen LogP contribution in [0.25, 0.3) is 0 Å². The lowest BCUT2D eigenvalue weighted by Gasteiger charge is -2.10. The third-order valence-electron chi connectivity index (χ3n) is 2.31. The van der Waals surface area contributed by atoms with Gasteiger partial charge in [0.2, 0.25) is 5.95 Å². The van der Waals surface area contributed by atoms with E-state index in [1.54, 1.807) is 7.11 Å². The van der Waals surface area contributed by atoms with E-state index in [2.05, 4.69) is 20.3 Å². The van der Waals surface area contributed by atoms with Gasteiger partial charge in [-0.3, -0.25) is 0 Å². The summed E-state index contributed by atoms with van der Waals surface area (Å²) in [6, 6.07) is 7.77. The molecule has 0 fully saturated rings. The highest BCUT2D eigenvalue weighted by atomic mass is 16.5. The van der Waals surface area contributed by atoms with Crippen molar-refractivity contribution in [1.29, 1.82) is 0 Å². The number of nitrogens with zero attached hydrogens (tertiary/aromatic N) is 3. The van der Waals surface area contributed by atoms with Gasteiger partial charge < -0.3 is 19.5 Å². The molecular weight excluding hydrogens is 248 g/mol. The lowest BCUT2D eigenvalue weighted by molar-refractivity contribution is 0.341. The average Bonchev–Trinajstić information content (AvgIpc) is 2.47. The van der Waals surface area contributed by atoms with Gasteiger partial charge >= 0.3 is 12.0 Å². The van der Waals surface area contributed by atoms with Gasteiger partial charge in [-0.1, -0.05) is 12.1 Å². The predicted molar refractivity (Wildman–Crippen MR) is 69.2 cm³/mol. The van der Waals surface area contributed by atoms with Crippen LogP contribution in [0.4, 0.5) is 11.6 Å². The Labute approximate surface area is 110 Å². The molecule has 0 aliphatic carbocycles. The minimum absolute atomic E-state index is 0.171. The average molecular weight is 262 g/mol. The van der Waals surface area contributed by atoms with Gasteiger partial charge in [0.05, 0.1) is 27.0 Å². The van der Waals surface area contributed by atoms with Crippen LogP contribution in [0.2, 0.25) is 0 Å². The SMILES string of the molecule is COc1nc(Nc2ccccc2OC)nc(OC)n1. The number of benzene rings is 1. The molecule has 0 atom stereocenters. The summed E-state index contributed by atoms with van der Waals surface area (Å²) in [6.07, 6.45) is 0. The van der Waals surface area contributed by atoms with Crippen LogP contribution in [-0.2, 0) is 0 Å². The molecule has 7 nitrogen and oxygen atoms in total. The summed E-state index contributed by atoms with van der Waals surface area (Å²) in [7, 11) is 4.54. The molecule has 2 aromatic rings. The molecule has 0 aliphatic heterocycles. The summed E-state index contributed by atoms with van der Waals surface area (Å²) in [4.78, 5) is 12.1. The Balaban J connectivity index is 2.32. The van der Waals surface area contributed by atoms with Crippen molar-refractivity contribution >= 4 is 11.6 Å². The number of aromatic nitrogens is 3. The number of anilines is 2. The van der Waals surface area contributed by atoms with E-state index in [0.29, 0.717) is 11.7 Å². The van der Waals surface area contributed by atoms with Crippen molar-refractivity contribution in [3.05, 3.63) is 24.3 Å². The first-order valence-electron chi connectivity index (χ1n) is 5.51. The van der Waals surface area contributed by atoms with Crippen molar-refractivity contribution in [2.75, 3.05) is 26.6 Å². The maximum Gasteiger partial charge on any atom is 0.324 e. The van der Waals surface area contributed by atoms with Gasteiger partial charge in [0.15, 0.2) is 0 Å². The first-order valence-corrected chi connectivity index (χ1v) is 5.51. The number of para-hydroxylation sites is 2. The molecule has 0 radical (unpaired) electrons. The predicted octanol–water partition coefficient (Wildman–Crippen LogP) is 1.64. The highest BCUT2D eigenvalue weighted by Crippen LogP contribution is 2.26. The quantitative estimate of drug-likeness (QED) is 0.877. The maximum atomic E-state index is 5.23. The van der Waals surface area contributed by atoms with Crippen LogP contribution in [0.3, 0.4) is 0 Å². The third kappa shape index (κ3) is 3.01. The minimum Gasteiger partial charge on any atom is -0.495 e. The molecular formula is C12H14N4O3. The molecule has 1 heterocycles. The van der Waals surface area contributed by atoms with Crippen molar-refractivity contribution in [3.63, 3.8) is 0 Å². The van der Waals surface area contributed by atoms with Crippen LogP contribution in [0.15, 0.2) is 24.3 Å². The number of methoxy groups -OCH3 is 3. The van der Waals surface area contributed by atoms with Gasteiger partial charge in [0.25, 0.3) is 0 Å². The van der Waals surface area contributed by atoms with Crippen LogP contribution in [0, 0.1) is 0 Å². The Morgan fingerprint density at radius 1 is 0.842 bits per heavy atom. The fraction of sp³-hybridized carbons (Fsp3) is 0.250. The molecule has 0 unspecified atom stereocenters. The zero-order valence-corrected chi connectivity index (χ0v) is 10.9. The van der Waals surface area contributed by atoms with Gasteiger partial charge in [-0.25, -0.2) is 0 Å². The number of hydrogen-bond acceptors (Lipinski definition) is 7.